The number of anilines is 1. The maximum absolute atomic E-state index is 13.1. The van der Waals surface area contributed by atoms with Crippen molar-refractivity contribution in [3.63, 3.8) is 0 Å². The molecule has 3 aromatic carbocycles. The van der Waals surface area contributed by atoms with Crippen molar-refractivity contribution in [3.8, 4) is 5.75 Å². The molecule has 1 saturated heterocycles. The first-order chi connectivity index (χ1) is 14.5. The van der Waals surface area contributed by atoms with Gasteiger partial charge in [-0.1, -0.05) is 66.2 Å². The van der Waals surface area contributed by atoms with Gasteiger partial charge in [-0.25, -0.2) is 0 Å². The van der Waals surface area contributed by atoms with E-state index in [0.29, 0.717) is 27.6 Å². The van der Waals surface area contributed by atoms with Gasteiger partial charge < -0.3 is 9.84 Å². The quantitative estimate of drug-likeness (QED) is 0.368. The zero-order valence-electron chi connectivity index (χ0n) is 16.1. The number of ether oxygens (including phenoxy) is 1. The molecule has 1 unspecified atom stereocenters. The molecule has 30 heavy (non-hydrogen) atoms. The Labute approximate surface area is 178 Å². The first-order valence-electron chi connectivity index (χ1n) is 9.28. The van der Waals surface area contributed by atoms with Crippen LogP contribution in [0, 0.1) is 0 Å². The molecule has 1 heterocycles. The number of carbonyl (C=O) groups is 2. The number of hydrogen-bond donors (Lipinski definition) is 1. The highest BCUT2D eigenvalue weighted by Crippen LogP contribution is 2.44. The number of methoxy groups -OCH3 is 1. The first-order valence-corrected chi connectivity index (χ1v) is 9.65. The third-order valence-electron chi connectivity index (χ3n) is 5.02. The van der Waals surface area contributed by atoms with Crippen molar-refractivity contribution in [1.29, 1.82) is 0 Å². The normalized spacial score (nSPS) is 17.9. The van der Waals surface area contributed by atoms with Crippen molar-refractivity contribution in [2.24, 2.45) is 0 Å². The lowest BCUT2D eigenvalue weighted by molar-refractivity contribution is -0.132. The fourth-order valence-electron chi connectivity index (χ4n) is 3.60. The minimum absolute atomic E-state index is 0.0119. The minimum Gasteiger partial charge on any atom is -0.507 e. The number of rotatable bonds is 4. The molecule has 150 valence electrons. The molecular weight excluding hydrogens is 402 g/mol. The van der Waals surface area contributed by atoms with Gasteiger partial charge in [0.1, 0.15) is 11.5 Å². The average Bonchev–Trinajstić information content (AvgIpc) is 3.04. The number of aliphatic hydroxyl groups is 1. The average molecular weight is 420 g/mol. The minimum atomic E-state index is -0.883. The number of benzene rings is 3. The Bertz CT molecular complexity index is 1160. The summed E-state index contributed by atoms with van der Waals surface area (Å²) in [6.07, 6.45) is 0. The Balaban J connectivity index is 1.98. The van der Waals surface area contributed by atoms with Crippen LogP contribution in [-0.4, -0.2) is 23.9 Å². The molecule has 1 aliphatic rings. The fourth-order valence-corrected chi connectivity index (χ4v) is 3.84. The number of Topliss-reactive ketones (excluding diaryl/α,β-unsaturated/α-hetero) is 1. The van der Waals surface area contributed by atoms with E-state index in [4.69, 9.17) is 16.3 Å². The predicted molar refractivity (Wildman–Crippen MR) is 116 cm³/mol. The van der Waals surface area contributed by atoms with E-state index in [1.54, 1.807) is 78.9 Å². The number of ketones is 1. The van der Waals surface area contributed by atoms with Crippen LogP contribution in [0.1, 0.15) is 17.2 Å². The molecule has 1 fully saturated rings. The van der Waals surface area contributed by atoms with Crippen LogP contribution in [0.5, 0.6) is 5.75 Å². The van der Waals surface area contributed by atoms with E-state index in [9.17, 15) is 14.7 Å². The second kappa shape index (κ2) is 8.05. The number of halogens is 1. The van der Waals surface area contributed by atoms with E-state index in [-0.39, 0.29) is 11.3 Å². The maximum Gasteiger partial charge on any atom is 0.300 e. The summed E-state index contributed by atoms with van der Waals surface area (Å²) in [5.74, 6) is -1.23. The molecule has 3 aromatic rings. The van der Waals surface area contributed by atoms with Crippen molar-refractivity contribution in [1.82, 2.24) is 0 Å². The van der Waals surface area contributed by atoms with Gasteiger partial charge in [0.2, 0.25) is 0 Å². The van der Waals surface area contributed by atoms with Gasteiger partial charge in [0.15, 0.2) is 0 Å². The summed E-state index contributed by atoms with van der Waals surface area (Å²) < 4.78 is 5.27. The van der Waals surface area contributed by atoms with Crippen molar-refractivity contribution < 1.29 is 19.4 Å². The molecule has 1 atom stereocenters. The highest BCUT2D eigenvalue weighted by Gasteiger charge is 2.47. The summed E-state index contributed by atoms with van der Waals surface area (Å²) in [4.78, 5) is 27.5. The van der Waals surface area contributed by atoms with Crippen molar-refractivity contribution in [3.05, 3.63) is 101 Å². The van der Waals surface area contributed by atoms with Crippen LogP contribution in [-0.2, 0) is 9.59 Å². The maximum atomic E-state index is 13.1. The van der Waals surface area contributed by atoms with Gasteiger partial charge in [-0.2, -0.15) is 0 Å². The number of aliphatic hydroxyl groups excluding tert-OH is 1. The molecule has 0 radical (unpaired) electrons. The Morgan fingerprint density at radius 2 is 1.67 bits per heavy atom. The third-order valence-corrected chi connectivity index (χ3v) is 5.37. The topological polar surface area (TPSA) is 66.8 Å². The van der Waals surface area contributed by atoms with E-state index in [0.717, 1.165) is 0 Å². The molecule has 0 spiro atoms. The standard InChI is InChI=1S/C24H18ClNO4/c1-30-17-11-7-10-16(14-17)26-21(18-12-5-6-13-19(18)25)20(23(28)24(26)29)22(27)15-8-3-2-4-9-15/h2-14,21,27H,1H3/b22-20+. The predicted octanol–water partition coefficient (Wildman–Crippen LogP) is 4.97. The summed E-state index contributed by atoms with van der Waals surface area (Å²) >= 11 is 6.45. The Morgan fingerprint density at radius 3 is 2.37 bits per heavy atom. The van der Waals surface area contributed by atoms with Gasteiger partial charge in [-0.05, 0) is 23.8 Å². The SMILES string of the molecule is COc1cccc(N2C(=O)C(=O)/C(=C(/O)c3ccccc3)C2c2ccccc2Cl)c1. The zero-order valence-corrected chi connectivity index (χ0v) is 16.8. The van der Waals surface area contributed by atoms with Crippen LogP contribution in [0.15, 0.2) is 84.4 Å². The van der Waals surface area contributed by atoms with Gasteiger partial charge in [0.25, 0.3) is 11.7 Å². The highest BCUT2D eigenvalue weighted by atomic mass is 35.5. The van der Waals surface area contributed by atoms with Crippen molar-refractivity contribution in [2.45, 2.75) is 6.04 Å². The van der Waals surface area contributed by atoms with E-state index in [2.05, 4.69) is 0 Å². The lowest BCUT2D eigenvalue weighted by atomic mass is 9.95. The molecule has 6 heteroatoms. The smallest absolute Gasteiger partial charge is 0.300 e. The molecule has 1 amide bonds. The zero-order chi connectivity index (χ0) is 21.3. The number of nitrogens with zero attached hydrogens (tertiary/aromatic N) is 1. The summed E-state index contributed by atoms with van der Waals surface area (Å²) in [5.41, 5.74) is 1.44. The molecule has 0 saturated carbocycles. The molecule has 1 aliphatic heterocycles. The highest BCUT2D eigenvalue weighted by molar-refractivity contribution is 6.52. The van der Waals surface area contributed by atoms with Crippen LogP contribution in [0.2, 0.25) is 5.02 Å². The van der Waals surface area contributed by atoms with E-state index >= 15 is 0 Å². The number of amides is 1. The van der Waals surface area contributed by atoms with Gasteiger partial charge in [-0.15, -0.1) is 0 Å². The fraction of sp³-hybridized carbons (Fsp3) is 0.0833. The van der Waals surface area contributed by atoms with Crippen LogP contribution in [0.4, 0.5) is 5.69 Å². The molecule has 0 bridgehead atoms. The van der Waals surface area contributed by atoms with Crippen LogP contribution >= 0.6 is 11.6 Å². The van der Waals surface area contributed by atoms with Gasteiger partial charge >= 0.3 is 0 Å². The van der Waals surface area contributed by atoms with Gasteiger partial charge in [0.05, 0.1) is 18.7 Å². The molecular formula is C24H18ClNO4. The third kappa shape index (κ3) is 3.33. The van der Waals surface area contributed by atoms with Gasteiger partial charge in [-0.3, -0.25) is 14.5 Å². The molecule has 4 rings (SSSR count). The second-order valence-electron chi connectivity index (χ2n) is 6.76. The van der Waals surface area contributed by atoms with E-state index < -0.39 is 17.7 Å². The second-order valence-corrected chi connectivity index (χ2v) is 7.17. The number of hydrogen-bond acceptors (Lipinski definition) is 4. The lowest BCUT2D eigenvalue weighted by Gasteiger charge is -2.26. The van der Waals surface area contributed by atoms with E-state index in [1.807, 2.05) is 0 Å². The summed E-state index contributed by atoms with van der Waals surface area (Å²) in [7, 11) is 1.52. The first kappa shape index (κ1) is 19.7. The van der Waals surface area contributed by atoms with Crippen molar-refractivity contribution >= 4 is 34.7 Å². The van der Waals surface area contributed by atoms with Crippen LogP contribution < -0.4 is 9.64 Å². The van der Waals surface area contributed by atoms with Gasteiger partial charge in [0, 0.05) is 22.3 Å². The van der Waals surface area contributed by atoms with E-state index in [1.165, 1.54) is 12.0 Å². The lowest BCUT2D eigenvalue weighted by Crippen LogP contribution is -2.29. The Kier molecular flexibility index (Phi) is 5.29. The van der Waals surface area contributed by atoms with Crippen LogP contribution in [0.3, 0.4) is 0 Å². The molecule has 0 aromatic heterocycles. The Morgan fingerprint density at radius 1 is 0.967 bits per heavy atom. The molecule has 1 N–H and O–H groups in total. The molecule has 0 aliphatic carbocycles. The summed E-state index contributed by atoms with van der Waals surface area (Å²) in [5, 5.41) is 11.4. The molecule has 5 nitrogen and oxygen atoms in total. The number of carbonyl (C=O) groups excluding carboxylic acids is 2. The summed E-state index contributed by atoms with van der Waals surface area (Å²) in [6.45, 7) is 0. The van der Waals surface area contributed by atoms with Crippen LogP contribution in [0.25, 0.3) is 5.76 Å². The summed E-state index contributed by atoms with van der Waals surface area (Å²) in [6, 6.07) is 21.6. The largest absolute Gasteiger partial charge is 0.507 e. The monoisotopic (exact) mass is 419 g/mol. The van der Waals surface area contributed by atoms with Crippen molar-refractivity contribution in [2.75, 3.05) is 12.0 Å². The Hall–Kier alpha value is -3.57.